The number of thioether (sulfide) groups is 1. The number of urea groups is 1. The smallest absolute Gasteiger partial charge is 0.321 e. The summed E-state index contributed by atoms with van der Waals surface area (Å²) in [4.78, 5) is 16.0. The van der Waals surface area contributed by atoms with Crippen LogP contribution in [0.1, 0.15) is 12.1 Å². The molecular formula is C11H15ClN4OS2. The van der Waals surface area contributed by atoms with Crippen molar-refractivity contribution in [3.63, 3.8) is 0 Å². The Labute approximate surface area is 125 Å². The highest BCUT2D eigenvalue weighted by Crippen LogP contribution is 2.32. The van der Waals surface area contributed by atoms with Crippen LogP contribution in [0.15, 0.2) is 16.4 Å². The van der Waals surface area contributed by atoms with Crippen molar-refractivity contribution in [2.75, 3.05) is 18.9 Å². The second-order valence-corrected chi connectivity index (χ2v) is 6.73. The fraction of sp³-hybridized carbons (Fsp3) is 0.455. The summed E-state index contributed by atoms with van der Waals surface area (Å²) in [5.41, 5.74) is 2.07. The zero-order valence-electron chi connectivity index (χ0n) is 10.4. The van der Waals surface area contributed by atoms with E-state index in [0.29, 0.717) is 18.2 Å². The minimum absolute atomic E-state index is 0.0999. The molecule has 2 heterocycles. The van der Waals surface area contributed by atoms with Crippen molar-refractivity contribution in [1.29, 1.82) is 0 Å². The van der Waals surface area contributed by atoms with E-state index < -0.39 is 0 Å². The van der Waals surface area contributed by atoms with Gasteiger partial charge >= 0.3 is 6.03 Å². The van der Waals surface area contributed by atoms with Crippen molar-refractivity contribution in [3.05, 3.63) is 22.1 Å². The minimum Gasteiger partial charge on any atom is -0.334 e. The zero-order valence-corrected chi connectivity index (χ0v) is 12.8. The minimum atomic E-state index is -0.241. The van der Waals surface area contributed by atoms with Gasteiger partial charge in [-0.25, -0.2) is 9.78 Å². The molecule has 1 aromatic heterocycles. The first kappa shape index (κ1) is 14.6. The number of anilines is 1. The molecule has 8 heteroatoms. The lowest BCUT2D eigenvalue weighted by atomic mass is 10.2. The van der Waals surface area contributed by atoms with E-state index in [0.717, 1.165) is 17.7 Å². The highest BCUT2D eigenvalue weighted by molar-refractivity contribution is 8.04. The fourth-order valence-electron chi connectivity index (χ4n) is 1.55. The first-order valence-corrected chi connectivity index (χ1v) is 8.04. The Morgan fingerprint density at radius 1 is 1.58 bits per heavy atom. The summed E-state index contributed by atoms with van der Waals surface area (Å²) in [5.74, 6) is 0. The molecular weight excluding hydrogens is 304 g/mol. The first-order valence-electron chi connectivity index (χ1n) is 5.78. The van der Waals surface area contributed by atoms with Crippen molar-refractivity contribution < 1.29 is 4.79 Å². The number of nitrogens with one attached hydrogen (secondary N) is 3. The molecule has 0 radical (unpaired) electrons. The molecule has 1 aliphatic heterocycles. The molecule has 19 heavy (non-hydrogen) atoms. The lowest BCUT2D eigenvalue weighted by Crippen LogP contribution is -2.30. The molecule has 2 amide bonds. The molecule has 1 aromatic rings. The van der Waals surface area contributed by atoms with Gasteiger partial charge in [-0.2, -0.15) is 0 Å². The van der Waals surface area contributed by atoms with E-state index >= 15 is 0 Å². The number of hydrogen-bond donors (Lipinski definition) is 3. The van der Waals surface area contributed by atoms with Gasteiger partial charge in [-0.1, -0.05) is 0 Å². The normalized spacial score (nSPS) is 18.2. The monoisotopic (exact) mass is 318 g/mol. The standard InChI is InChI=1S/C11H15ClN4OS2/c1-13-4-8-6-19-11(15-8)16-10(17)14-3-7-2-9(12)18-5-7/h5-6,9,13H,2-4H2,1H3,(H2,14,15,16,17). The van der Waals surface area contributed by atoms with Crippen LogP contribution in [0.4, 0.5) is 9.93 Å². The molecule has 2 rings (SSSR count). The topological polar surface area (TPSA) is 66.0 Å². The molecule has 104 valence electrons. The second kappa shape index (κ2) is 7.14. The van der Waals surface area contributed by atoms with Gasteiger partial charge in [0.05, 0.1) is 10.4 Å². The van der Waals surface area contributed by atoms with Crippen LogP contribution in [-0.2, 0) is 6.54 Å². The second-order valence-electron chi connectivity index (χ2n) is 4.01. The quantitative estimate of drug-likeness (QED) is 0.730. The van der Waals surface area contributed by atoms with Crippen molar-refractivity contribution in [1.82, 2.24) is 15.6 Å². The third kappa shape index (κ3) is 4.68. The van der Waals surface area contributed by atoms with E-state index in [1.807, 2.05) is 17.8 Å². The third-order valence-electron chi connectivity index (χ3n) is 2.41. The Balaban J connectivity index is 1.74. The van der Waals surface area contributed by atoms with Crippen LogP contribution in [0, 0.1) is 0 Å². The Morgan fingerprint density at radius 3 is 3.11 bits per heavy atom. The van der Waals surface area contributed by atoms with Gasteiger partial charge in [0.1, 0.15) is 0 Å². The number of nitrogens with zero attached hydrogens (tertiary/aromatic N) is 1. The highest BCUT2D eigenvalue weighted by atomic mass is 35.5. The SMILES string of the molecule is CNCc1csc(NC(=O)NCC2=CSC(Cl)C2)n1. The highest BCUT2D eigenvalue weighted by Gasteiger charge is 2.15. The van der Waals surface area contributed by atoms with Gasteiger partial charge in [-0.05, 0) is 24.4 Å². The van der Waals surface area contributed by atoms with E-state index in [-0.39, 0.29) is 10.7 Å². The van der Waals surface area contributed by atoms with Gasteiger partial charge in [-0.3, -0.25) is 5.32 Å². The molecule has 0 saturated heterocycles. The summed E-state index contributed by atoms with van der Waals surface area (Å²) in [6.07, 6.45) is 0.816. The molecule has 1 aliphatic rings. The van der Waals surface area contributed by atoms with Crippen LogP contribution in [0.3, 0.4) is 0 Å². The number of carbonyl (C=O) groups excluding carboxylic acids is 1. The summed E-state index contributed by atoms with van der Waals surface area (Å²) in [7, 11) is 1.86. The van der Waals surface area contributed by atoms with Crippen LogP contribution in [-0.4, -0.2) is 29.3 Å². The first-order chi connectivity index (χ1) is 9.17. The molecule has 1 atom stereocenters. The molecule has 0 saturated carbocycles. The third-order valence-corrected chi connectivity index (χ3v) is 4.61. The molecule has 0 aliphatic carbocycles. The zero-order chi connectivity index (χ0) is 13.7. The average Bonchev–Trinajstić information content (AvgIpc) is 2.97. The van der Waals surface area contributed by atoms with Crippen molar-refractivity contribution in [2.24, 2.45) is 0 Å². The average molecular weight is 319 g/mol. The van der Waals surface area contributed by atoms with Gasteiger partial charge in [0.2, 0.25) is 0 Å². The summed E-state index contributed by atoms with van der Waals surface area (Å²) < 4.78 is 0.0999. The molecule has 0 aromatic carbocycles. The van der Waals surface area contributed by atoms with Crippen LogP contribution in [0.2, 0.25) is 0 Å². The van der Waals surface area contributed by atoms with E-state index in [2.05, 4.69) is 20.9 Å². The van der Waals surface area contributed by atoms with Crippen LogP contribution < -0.4 is 16.0 Å². The van der Waals surface area contributed by atoms with E-state index in [4.69, 9.17) is 11.6 Å². The molecule has 5 nitrogen and oxygen atoms in total. The van der Waals surface area contributed by atoms with Crippen LogP contribution >= 0.6 is 34.7 Å². The van der Waals surface area contributed by atoms with E-state index in [9.17, 15) is 4.79 Å². The molecule has 0 spiro atoms. The maximum atomic E-state index is 11.7. The number of rotatable bonds is 5. The van der Waals surface area contributed by atoms with E-state index in [1.54, 1.807) is 11.8 Å². The molecule has 1 unspecified atom stereocenters. The lowest BCUT2D eigenvalue weighted by Gasteiger charge is -2.06. The number of aromatic nitrogens is 1. The Hall–Kier alpha value is -0.760. The summed E-state index contributed by atoms with van der Waals surface area (Å²) in [6, 6.07) is -0.241. The predicted octanol–water partition coefficient (Wildman–Crippen LogP) is 2.57. The van der Waals surface area contributed by atoms with Gasteiger partial charge in [0, 0.05) is 18.5 Å². The number of thiazole rings is 1. The molecule has 0 bridgehead atoms. The van der Waals surface area contributed by atoms with Crippen molar-refractivity contribution in [2.45, 2.75) is 17.7 Å². The Bertz CT molecular complexity index is 477. The fourth-order valence-corrected chi connectivity index (χ4v) is 3.44. The summed E-state index contributed by atoms with van der Waals surface area (Å²) in [6.45, 7) is 1.22. The van der Waals surface area contributed by atoms with Gasteiger partial charge in [-0.15, -0.1) is 34.7 Å². The number of hydrogen-bond acceptors (Lipinski definition) is 5. The molecule has 0 fully saturated rings. The lowest BCUT2D eigenvalue weighted by molar-refractivity contribution is 0.253. The number of alkyl halides is 1. The van der Waals surface area contributed by atoms with Crippen molar-refractivity contribution in [3.8, 4) is 0 Å². The van der Waals surface area contributed by atoms with Gasteiger partial charge < -0.3 is 10.6 Å². The maximum absolute atomic E-state index is 11.7. The summed E-state index contributed by atoms with van der Waals surface area (Å²) in [5, 5.41) is 13.1. The van der Waals surface area contributed by atoms with Crippen LogP contribution in [0.25, 0.3) is 0 Å². The predicted molar refractivity (Wildman–Crippen MR) is 81.8 cm³/mol. The number of halogens is 1. The maximum Gasteiger partial charge on any atom is 0.321 e. The number of amides is 2. The van der Waals surface area contributed by atoms with Gasteiger partial charge in [0.25, 0.3) is 0 Å². The Morgan fingerprint density at radius 2 is 2.42 bits per heavy atom. The summed E-state index contributed by atoms with van der Waals surface area (Å²) >= 11 is 8.95. The Kier molecular flexibility index (Phi) is 5.50. The van der Waals surface area contributed by atoms with E-state index in [1.165, 1.54) is 11.3 Å². The number of carbonyl (C=O) groups is 1. The molecule has 3 N–H and O–H groups in total. The van der Waals surface area contributed by atoms with Gasteiger partial charge in [0.15, 0.2) is 5.13 Å². The van der Waals surface area contributed by atoms with Crippen LogP contribution in [0.5, 0.6) is 0 Å². The van der Waals surface area contributed by atoms with Crippen molar-refractivity contribution >= 4 is 45.9 Å². The largest absolute Gasteiger partial charge is 0.334 e.